The molecule has 0 radical (unpaired) electrons. The van der Waals surface area contributed by atoms with Crippen LogP contribution in [0.3, 0.4) is 0 Å². The fourth-order valence-electron chi connectivity index (χ4n) is 5.22. The van der Waals surface area contributed by atoms with Crippen LogP contribution in [0.15, 0.2) is 109 Å². The van der Waals surface area contributed by atoms with Gasteiger partial charge in [-0.3, -0.25) is 40.9 Å². The van der Waals surface area contributed by atoms with E-state index in [2.05, 4.69) is 21.7 Å². The molecule has 5 rings (SSSR count). The van der Waals surface area contributed by atoms with E-state index in [0.29, 0.717) is 61.5 Å². The Kier molecular flexibility index (Phi) is 11.0. The number of nitrogens with one attached hydrogen (secondary N) is 4. The van der Waals surface area contributed by atoms with Crippen LogP contribution in [0.1, 0.15) is 57.5 Å². The van der Waals surface area contributed by atoms with E-state index in [9.17, 15) is 19.2 Å². The first-order chi connectivity index (χ1) is 22.5. The quantitative estimate of drug-likeness (QED) is 0.187. The molecule has 0 aliphatic heterocycles. The number of ether oxygens (including phenoxy) is 2. The van der Waals surface area contributed by atoms with Gasteiger partial charge in [-0.05, 0) is 61.1 Å². The molecule has 0 bridgehead atoms. The number of rotatable bonds is 10. The van der Waals surface area contributed by atoms with Crippen molar-refractivity contribution in [2.75, 3.05) is 0 Å². The minimum atomic E-state index is -0.493. The Labute approximate surface area is 267 Å². The topological polar surface area (TPSA) is 135 Å². The van der Waals surface area contributed by atoms with Crippen molar-refractivity contribution in [1.29, 1.82) is 0 Å². The van der Waals surface area contributed by atoms with Crippen molar-refractivity contribution in [2.24, 2.45) is 11.8 Å². The molecule has 4 aromatic carbocycles. The molecule has 4 amide bonds. The predicted octanol–water partition coefficient (Wildman–Crippen LogP) is 4.87. The lowest BCUT2D eigenvalue weighted by Gasteiger charge is -2.27. The van der Waals surface area contributed by atoms with Crippen LogP contribution in [-0.2, 0) is 22.8 Å². The first-order valence-electron chi connectivity index (χ1n) is 15.2. The van der Waals surface area contributed by atoms with E-state index in [1.54, 1.807) is 48.5 Å². The van der Waals surface area contributed by atoms with E-state index in [0.717, 1.165) is 11.1 Å². The number of para-hydroxylation sites is 2. The van der Waals surface area contributed by atoms with Crippen LogP contribution in [0.2, 0.25) is 0 Å². The van der Waals surface area contributed by atoms with Gasteiger partial charge in [-0.15, -0.1) is 0 Å². The summed E-state index contributed by atoms with van der Waals surface area (Å²) in [6.45, 7) is 0.600. The van der Waals surface area contributed by atoms with Crippen molar-refractivity contribution in [3.8, 4) is 11.5 Å². The number of carbonyl (C=O) groups is 4. The molecule has 4 aromatic rings. The van der Waals surface area contributed by atoms with E-state index in [-0.39, 0.29) is 23.7 Å². The normalized spacial score (nSPS) is 15.6. The smallest absolute Gasteiger partial charge is 0.273 e. The van der Waals surface area contributed by atoms with Crippen LogP contribution in [0.25, 0.3) is 0 Å². The lowest BCUT2D eigenvalue weighted by atomic mass is 9.81. The molecule has 4 N–H and O–H groups in total. The highest BCUT2D eigenvalue weighted by molar-refractivity contribution is 5.98. The van der Waals surface area contributed by atoms with Gasteiger partial charge >= 0.3 is 0 Å². The minimum Gasteiger partial charge on any atom is -0.488 e. The van der Waals surface area contributed by atoms with Crippen molar-refractivity contribution < 1.29 is 28.7 Å². The van der Waals surface area contributed by atoms with Crippen LogP contribution in [-0.4, -0.2) is 23.6 Å². The monoisotopic (exact) mass is 620 g/mol. The standard InChI is InChI=1S/C36H36N4O6/c41-33(37-39-35(43)29-15-7-9-17-31(29)45-23-25-11-3-1-4-12-25)27-19-21-28(22-20-27)34(42)38-40-36(44)30-16-8-10-18-32(30)46-24-26-13-5-2-6-14-26/h1-18,27-28H,19-24H2,(H,37,41)(H,38,42)(H,39,43)(H,40,44). The largest absolute Gasteiger partial charge is 0.488 e. The van der Waals surface area contributed by atoms with Gasteiger partial charge < -0.3 is 9.47 Å². The summed E-state index contributed by atoms with van der Waals surface area (Å²) in [5.41, 5.74) is 12.5. The summed E-state index contributed by atoms with van der Waals surface area (Å²) < 4.78 is 11.7. The zero-order valence-corrected chi connectivity index (χ0v) is 25.2. The zero-order valence-electron chi connectivity index (χ0n) is 25.2. The van der Waals surface area contributed by atoms with Crippen LogP contribution < -0.4 is 31.2 Å². The van der Waals surface area contributed by atoms with Crippen molar-refractivity contribution in [3.63, 3.8) is 0 Å². The molecule has 0 saturated heterocycles. The minimum absolute atomic E-state index is 0.298. The predicted molar refractivity (Wildman–Crippen MR) is 171 cm³/mol. The molecule has 0 atom stereocenters. The van der Waals surface area contributed by atoms with Gasteiger partial charge in [0.1, 0.15) is 24.7 Å². The molecular weight excluding hydrogens is 584 g/mol. The molecule has 0 unspecified atom stereocenters. The number of amides is 4. The van der Waals surface area contributed by atoms with Gasteiger partial charge in [0, 0.05) is 11.8 Å². The second-order valence-electron chi connectivity index (χ2n) is 11.0. The summed E-state index contributed by atoms with van der Waals surface area (Å²) in [5.74, 6) is -1.56. The number of hydrazine groups is 2. The zero-order chi connectivity index (χ0) is 32.1. The summed E-state index contributed by atoms with van der Waals surface area (Å²) >= 11 is 0. The Morgan fingerprint density at radius 3 is 1.22 bits per heavy atom. The van der Waals surface area contributed by atoms with E-state index in [1.807, 2.05) is 60.7 Å². The van der Waals surface area contributed by atoms with Crippen LogP contribution >= 0.6 is 0 Å². The molecule has 46 heavy (non-hydrogen) atoms. The molecule has 236 valence electrons. The second-order valence-corrected chi connectivity index (χ2v) is 11.0. The van der Waals surface area contributed by atoms with Gasteiger partial charge in [-0.1, -0.05) is 84.9 Å². The maximum Gasteiger partial charge on any atom is 0.273 e. The summed E-state index contributed by atoms with van der Waals surface area (Å²) in [5, 5.41) is 0. The molecule has 10 heteroatoms. The maximum absolute atomic E-state index is 12.9. The lowest BCUT2D eigenvalue weighted by Crippen LogP contribution is -2.47. The Bertz CT molecular complexity index is 1520. The highest BCUT2D eigenvalue weighted by Gasteiger charge is 2.30. The number of hydrogen-bond acceptors (Lipinski definition) is 6. The Morgan fingerprint density at radius 1 is 0.478 bits per heavy atom. The average Bonchev–Trinajstić information content (AvgIpc) is 3.12. The fourth-order valence-corrected chi connectivity index (χ4v) is 5.22. The van der Waals surface area contributed by atoms with E-state index >= 15 is 0 Å². The van der Waals surface area contributed by atoms with Gasteiger partial charge in [0.25, 0.3) is 11.8 Å². The first-order valence-corrected chi connectivity index (χ1v) is 15.2. The summed E-state index contributed by atoms with van der Waals surface area (Å²) in [4.78, 5) is 51.4. The molecule has 0 aromatic heterocycles. The third-order valence-corrected chi connectivity index (χ3v) is 7.80. The molecular formula is C36H36N4O6. The maximum atomic E-state index is 12.9. The van der Waals surface area contributed by atoms with Crippen molar-refractivity contribution in [2.45, 2.75) is 38.9 Å². The Balaban J connectivity index is 1.04. The van der Waals surface area contributed by atoms with E-state index < -0.39 is 11.8 Å². The Hall–Kier alpha value is -5.64. The molecule has 0 spiro atoms. The Morgan fingerprint density at radius 2 is 0.826 bits per heavy atom. The highest BCUT2D eigenvalue weighted by atomic mass is 16.5. The van der Waals surface area contributed by atoms with Crippen LogP contribution in [0, 0.1) is 11.8 Å². The summed E-state index contributed by atoms with van der Waals surface area (Å²) in [7, 11) is 0. The van der Waals surface area contributed by atoms with E-state index in [1.165, 1.54) is 0 Å². The summed E-state index contributed by atoms with van der Waals surface area (Å²) in [6.07, 6.45) is 1.84. The van der Waals surface area contributed by atoms with Crippen molar-refractivity contribution in [1.82, 2.24) is 21.7 Å². The van der Waals surface area contributed by atoms with Crippen molar-refractivity contribution in [3.05, 3.63) is 131 Å². The van der Waals surface area contributed by atoms with Gasteiger partial charge in [0.15, 0.2) is 0 Å². The highest BCUT2D eigenvalue weighted by Crippen LogP contribution is 2.29. The van der Waals surface area contributed by atoms with Gasteiger partial charge in [0.05, 0.1) is 11.1 Å². The molecule has 1 aliphatic carbocycles. The van der Waals surface area contributed by atoms with E-state index in [4.69, 9.17) is 9.47 Å². The van der Waals surface area contributed by atoms with Gasteiger partial charge in [0.2, 0.25) is 11.8 Å². The fraction of sp³-hybridized carbons (Fsp3) is 0.222. The second kappa shape index (κ2) is 15.9. The number of carbonyl (C=O) groups excluding carboxylic acids is 4. The van der Waals surface area contributed by atoms with Crippen LogP contribution in [0.5, 0.6) is 11.5 Å². The number of benzene rings is 4. The van der Waals surface area contributed by atoms with Crippen molar-refractivity contribution >= 4 is 23.6 Å². The third-order valence-electron chi connectivity index (χ3n) is 7.80. The first kappa shape index (κ1) is 31.8. The molecule has 1 fully saturated rings. The lowest BCUT2D eigenvalue weighted by molar-refractivity contribution is -0.131. The SMILES string of the molecule is O=C(NNC(=O)C1CCC(C(=O)NNC(=O)c2ccccc2OCc2ccccc2)CC1)c1ccccc1OCc1ccccc1. The third kappa shape index (κ3) is 8.72. The molecule has 0 heterocycles. The van der Waals surface area contributed by atoms with Crippen LogP contribution in [0.4, 0.5) is 0 Å². The molecule has 1 saturated carbocycles. The van der Waals surface area contributed by atoms with Gasteiger partial charge in [-0.25, -0.2) is 0 Å². The summed E-state index contributed by atoms with van der Waals surface area (Å²) in [6, 6.07) is 32.9. The number of hydrogen-bond donors (Lipinski definition) is 4. The molecule has 10 nitrogen and oxygen atoms in total. The van der Waals surface area contributed by atoms with Gasteiger partial charge in [-0.2, -0.15) is 0 Å². The molecule has 1 aliphatic rings. The average molecular weight is 621 g/mol.